The maximum Gasteiger partial charge on any atom is 0.414 e. The van der Waals surface area contributed by atoms with Gasteiger partial charge in [0, 0.05) is 80.8 Å². The van der Waals surface area contributed by atoms with Gasteiger partial charge in [0.15, 0.2) is 0 Å². The highest BCUT2D eigenvalue weighted by Gasteiger charge is 2.41. The van der Waals surface area contributed by atoms with Crippen molar-refractivity contribution in [1.29, 1.82) is 0 Å². The fourth-order valence-corrected chi connectivity index (χ4v) is 7.03. The van der Waals surface area contributed by atoms with E-state index in [1.807, 2.05) is 55.1 Å². The third kappa shape index (κ3) is 7.12. The Labute approximate surface area is 262 Å². The van der Waals surface area contributed by atoms with Crippen molar-refractivity contribution in [2.24, 2.45) is 11.8 Å². The smallest absolute Gasteiger partial charge is 0.414 e. The van der Waals surface area contributed by atoms with Gasteiger partial charge >= 0.3 is 6.09 Å². The quantitative estimate of drug-likeness (QED) is 0.378. The molecule has 5 rings (SSSR count). The van der Waals surface area contributed by atoms with Crippen molar-refractivity contribution in [3.63, 3.8) is 0 Å². The van der Waals surface area contributed by atoms with Crippen LogP contribution in [0.1, 0.15) is 47.7 Å². The van der Waals surface area contributed by atoms with Crippen LogP contribution >= 0.6 is 27.5 Å². The number of ether oxygens (including phenoxy) is 1. The molecule has 2 aromatic rings. The first-order valence-corrected chi connectivity index (χ1v) is 16.0. The third-order valence-corrected chi connectivity index (χ3v) is 10.00. The number of halogens is 2. The zero-order valence-electron chi connectivity index (χ0n) is 24.7. The molecule has 0 N–H and O–H groups in total. The van der Waals surface area contributed by atoms with Gasteiger partial charge in [-0.25, -0.2) is 4.79 Å². The van der Waals surface area contributed by atoms with Crippen molar-refractivity contribution in [3.05, 3.63) is 62.6 Å². The lowest BCUT2D eigenvalue weighted by molar-refractivity contribution is -0.130. The van der Waals surface area contributed by atoms with E-state index < -0.39 is 0 Å². The number of carbonyl (C=O) groups is 3. The first-order valence-electron chi connectivity index (χ1n) is 14.9. The minimum atomic E-state index is -0.369. The van der Waals surface area contributed by atoms with Crippen LogP contribution in [0.15, 0.2) is 40.9 Å². The predicted molar refractivity (Wildman–Crippen MR) is 168 cm³/mol. The molecule has 42 heavy (non-hydrogen) atoms. The standard InChI is InChI=1S/C32H40BrClN4O4/c1-21-5-8-29(33)28(15-21)31(40)37-19-24-17-35(18-25(24)20-37)11-4-12-38(26-7-6-22(2)30(34)16-26)32(41)42-27-9-13-36(14-10-27)23(3)39/h5-8,15-16,24-25,27H,4,9-14,17-20H2,1-3H3. The molecule has 3 heterocycles. The van der Waals surface area contributed by atoms with E-state index in [1.165, 1.54) is 0 Å². The van der Waals surface area contributed by atoms with Gasteiger partial charge in [0.25, 0.3) is 5.91 Å². The van der Waals surface area contributed by atoms with Gasteiger partial charge in [0.05, 0.1) is 5.56 Å². The summed E-state index contributed by atoms with van der Waals surface area (Å²) in [4.78, 5) is 46.2. The Morgan fingerprint density at radius 2 is 1.67 bits per heavy atom. The Balaban J connectivity index is 1.15. The number of likely N-dealkylation sites (tertiary alicyclic amines) is 3. The van der Waals surface area contributed by atoms with Gasteiger partial charge in [-0.15, -0.1) is 0 Å². The Kier molecular flexibility index (Phi) is 9.80. The number of carbonyl (C=O) groups excluding carboxylic acids is 3. The van der Waals surface area contributed by atoms with Crippen LogP contribution in [0.4, 0.5) is 10.5 Å². The molecular weight excluding hydrogens is 620 g/mol. The fourth-order valence-electron chi connectivity index (χ4n) is 6.43. The largest absolute Gasteiger partial charge is 0.446 e. The highest BCUT2D eigenvalue weighted by molar-refractivity contribution is 9.10. The number of hydrogen-bond acceptors (Lipinski definition) is 5. The van der Waals surface area contributed by atoms with Gasteiger partial charge in [0.2, 0.25) is 5.91 Å². The van der Waals surface area contributed by atoms with E-state index in [-0.39, 0.29) is 24.0 Å². The number of anilines is 1. The maximum absolute atomic E-state index is 13.4. The second kappa shape index (κ2) is 13.3. The normalized spacial score (nSPS) is 21.0. The van der Waals surface area contributed by atoms with Crippen LogP contribution in [0, 0.1) is 25.7 Å². The van der Waals surface area contributed by atoms with E-state index in [0.717, 1.165) is 66.0 Å². The van der Waals surface area contributed by atoms with Gasteiger partial charge in [-0.2, -0.15) is 0 Å². The summed E-state index contributed by atoms with van der Waals surface area (Å²) in [5.41, 5.74) is 3.50. The summed E-state index contributed by atoms with van der Waals surface area (Å²) in [7, 11) is 0. The Morgan fingerprint density at radius 1 is 0.976 bits per heavy atom. The molecule has 0 spiro atoms. The number of benzene rings is 2. The van der Waals surface area contributed by atoms with E-state index >= 15 is 0 Å². The van der Waals surface area contributed by atoms with Gasteiger partial charge in [0.1, 0.15) is 6.10 Å². The van der Waals surface area contributed by atoms with Crippen LogP contribution in [0.2, 0.25) is 5.02 Å². The molecule has 2 aromatic carbocycles. The molecule has 0 saturated carbocycles. The predicted octanol–water partition coefficient (Wildman–Crippen LogP) is 5.77. The number of aryl methyl sites for hydroxylation is 2. The SMILES string of the molecule is CC(=O)N1CCC(OC(=O)N(CCCN2CC3CN(C(=O)c4cc(C)ccc4Br)CC3C2)c2ccc(C)c(Cl)c2)CC1. The first-order chi connectivity index (χ1) is 20.1. The monoisotopic (exact) mass is 658 g/mol. The average Bonchev–Trinajstić information content (AvgIpc) is 3.53. The van der Waals surface area contributed by atoms with Crippen molar-refractivity contribution < 1.29 is 19.1 Å². The zero-order valence-corrected chi connectivity index (χ0v) is 27.0. The molecule has 0 radical (unpaired) electrons. The van der Waals surface area contributed by atoms with E-state index in [9.17, 15) is 14.4 Å². The zero-order chi connectivity index (χ0) is 30.0. The molecule has 0 aromatic heterocycles. The lowest BCUT2D eigenvalue weighted by atomic mass is 10.0. The molecule has 3 aliphatic rings. The van der Waals surface area contributed by atoms with E-state index in [2.05, 4.69) is 20.8 Å². The summed E-state index contributed by atoms with van der Waals surface area (Å²) in [5, 5.41) is 0.615. The minimum absolute atomic E-state index is 0.0559. The highest BCUT2D eigenvalue weighted by atomic mass is 79.9. The average molecular weight is 660 g/mol. The molecule has 226 valence electrons. The van der Waals surface area contributed by atoms with Gasteiger partial charge in [-0.3, -0.25) is 14.5 Å². The van der Waals surface area contributed by atoms with Crippen molar-refractivity contribution >= 4 is 51.1 Å². The molecule has 3 aliphatic heterocycles. The van der Waals surface area contributed by atoms with Crippen molar-refractivity contribution in [2.45, 2.75) is 46.1 Å². The second-order valence-electron chi connectivity index (χ2n) is 12.0. The van der Waals surface area contributed by atoms with Crippen LogP contribution in [0.3, 0.4) is 0 Å². The summed E-state index contributed by atoms with van der Waals surface area (Å²) in [5.74, 6) is 1.09. The molecule has 10 heteroatoms. The third-order valence-electron chi connectivity index (χ3n) is 8.90. The molecule has 0 aliphatic carbocycles. The molecule has 3 fully saturated rings. The number of nitrogens with zero attached hydrogens (tertiary/aromatic N) is 4. The van der Waals surface area contributed by atoms with Crippen LogP contribution < -0.4 is 4.90 Å². The maximum atomic E-state index is 13.4. The lowest BCUT2D eigenvalue weighted by Gasteiger charge is -2.32. The summed E-state index contributed by atoms with van der Waals surface area (Å²) in [6.07, 6.45) is 1.50. The number of piperidine rings is 1. The molecule has 2 unspecified atom stereocenters. The van der Waals surface area contributed by atoms with Crippen LogP contribution in [0.5, 0.6) is 0 Å². The van der Waals surface area contributed by atoms with E-state index in [0.29, 0.717) is 49.3 Å². The van der Waals surface area contributed by atoms with Gasteiger partial charge < -0.3 is 19.4 Å². The van der Waals surface area contributed by atoms with Gasteiger partial charge in [-0.05, 0) is 84.4 Å². The molecule has 0 bridgehead atoms. The molecule has 3 saturated heterocycles. The van der Waals surface area contributed by atoms with Crippen molar-refractivity contribution in [3.8, 4) is 0 Å². The minimum Gasteiger partial charge on any atom is -0.446 e. The molecular formula is C32H40BrClN4O4. The topological polar surface area (TPSA) is 73.4 Å². The number of amides is 3. The highest BCUT2D eigenvalue weighted by Crippen LogP contribution is 2.33. The Bertz CT molecular complexity index is 1320. The van der Waals surface area contributed by atoms with Crippen molar-refractivity contribution in [1.82, 2.24) is 14.7 Å². The second-order valence-corrected chi connectivity index (χ2v) is 13.3. The first kappa shape index (κ1) is 30.8. The summed E-state index contributed by atoms with van der Waals surface area (Å²) >= 11 is 9.97. The van der Waals surface area contributed by atoms with Crippen LogP contribution in [-0.2, 0) is 9.53 Å². The summed E-state index contributed by atoms with van der Waals surface area (Å²) < 4.78 is 6.77. The molecule has 2 atom stereocenters. The number of rotatable bonds is 7. The number of fused-ring (bicyclic) bond motifs is 1. The Hall–Kier alpha value is -2.62. The van der Waals surface area contributed by atoms with Crippen LogP contribution in [0.25, 0.3) is 0 Å². The fraction of sp³-hybridized carbons (Fsp3) is 0.531. The number of hydrogen-bond donors (Lipinski definition) is 0. The van der Waals surface area contributed by atoms with Gasteiger partial charge in [-0.1, -0.05) is 29.3 Å². The molecule has 8 nitrogen and oxygen atoms in total. The molecule has 3 amide bonds. The van der Waals surface area contributed by atoms with E-state index in [1.54, 1.807) is 16.7 Å². The van der Waals surface area contributed by atoms with Crippen LogP contribution in [-0.4, -0.2) is 91.1 Å². The van der Waals surface area contributed by atoms with Crippen molar-refractivity contribution in [2.75, 3.05) is 57.3 Å². The summed E-state index contributed by atoms with van der Waals surface area (Å²) in [6.45, 7) is 11.6. The Morgan fingerprint density at radius 3 is 2.31 bits per heavy atom. The van der Waals surface area contributed by atoms with E-state index in [4.69, 9.17) is 16.3 Å². The lowest BCUT2D eigenvalue weighted by Crippen LogP contribution is -2.43. The summed E-state index contributed by atoms with van der Waals surface area (Å²) in [6, 6.07) is 11.6.